The van der Waals surface area contributed by atoms with E-state index in [0.29, 0.717) is 10.7 Å². The minimum atomic E-state index is -4.27. The average molecular weight is 673 g/mol. The number of rotatable bonds is 6. The van der Waals surface area contributed by atoms with Crippen LogP contribution in [0.1, 0.15) is 21.5 Å². The van der Waals surface area contributed by atoms with Crippen LogP contribution in [0.5, 0.6) is 5.75 Å². The molecule has 5 aromatic rings. The fraction of sp³-hybridized carbons (Fsp3) is 0.103. The number of aromatic nitrogens is 1. The Balaban J connectivity index is 0.000000270. The van der Waals surface area contributed by atoms with E-state index in [2.05, 4.69) is 41.5 Å². The van der Waals surface area contributed by atoms with E-state index < -0.39 is 10.1 Å². The molecule has 1 aromatic heterocycles. The maximum absolute atomic E-state index is 12.7. The standard InChI is InChI=1S/C22H17IN2O2S.C7H8O3S/c1-14-6-11-19-20(12-14)28-22(24-19)25-21(26)15-4-3-5-17(13-15)23-16-7-9-18(27-2)10-8-16;1-6-2-4-7(5-3-6)11(8,9)10/h3-13H,1-2H3;2-5H,1H3,(H,8,9,10). The number of amides is 1. The summed E-state index contributed by atoms with van der Waals surface area (Å²) in [5, 5.41) is 3.56. The van der Waals surface area contributed by atoms with E-state index in [-0.39, 0.29) is 32.0 Å². The minimum absolute atomic E-state index is 0.128. The number of benzene rings is 4. The van der Waals surface area contributed by atoms with Crippen LogP contribution in [0.3, 0.4) is 0 Å². The van der Waals surface area contributed by atoms with Crippen LogP contribution >= 0.6 is 11.3 Å². The maximum Gasteiger partial charge on any atom is 0.357 e. The summed E-state index contributed by atoms with van der Waals surface area (Å²) in [6.07, 6.45) is 0. The van der Waals surface area contributed by atoms with Gasteiger partial charge < -0.3 is 9.29 Å². The lowest BCUT2D eigenvalue weighted by Gasteiger charge is -2.05. The van der Waals surface area contributed by atoms with Gasteiger partial charge in [-0.25, -0.2) is 13.4 Å². The van der Waals surface area contributed by atoms with Gasteiger partial charge in [0, 0.05) is 11.6 Å². The van der Waals surface area contributed by atoms with Crippen molar-refractivity contribution in [3.63, 3.8) is 0 Å². The largest absolute Gasteiger partial charge is 0.744 e. The van der Waals surface area contributed by atoms with Crippen molar-refractivity contribution in [1.29, 1.82) is 0 Å². The number of carbonyl (C=O) groups is 1. The van der Waals surface area contributed by atoms with Crippen LogP contribution in [0.2, 0.25) is 0 Å². The number of aryl methyl sites for hydroxylation is 2. The molecule has 1 heterocycles. The van der Waals surface area contributed by atoms with E-state index in [4.69, 9.17) is 4.74 Å². The Morgan fingerprint density at radius 2 is 1.59 bits per heavy atom. The molecule has 1 N–H and O–H groups in total. The number of nitrogens with zero attached hydrogens (tertiary/aromatic N) is 1. The molecule has 1 amide bonds. The highest BCUT2D eigenvalue weighted by atomic mass is 127. The molecule has 0 unspecified atom stereocenters. The molecule has 4 aromatic carbocycles. The van der Waals surface area contributed by atoms with Crippen molar-refractivity contribution in [1.82, 2.24) is 4.98 Å². The second kappa shape index (κ2) is 12.7. The summed E-state index contributed by atoms with van der Waals surface area (Å²) < 4.78 is 39.9. The second-order valence-corrected chi connectivity index (χ2v) is 13.9. The number of ether oxygens (including phenoxy) is 1. The highest BCUT2D eigenvalue weighted by molar-refractivity contribution is 7.85. The van der Waals surface area contributed by atoms with E-state index in [1.165, 1.54) is 36.2 Å². The topological polar surface area (TPSA) is 108 Å². The first-order chi connectivity index (χ1) is 18.6. The van der Waals surface area contributed by atoms with E-state index in [1.54, 1.807) is 19.2 Å². The molecule has 0 aliphatic heterocycles. The smallest absolute Gasteiger partial charge is 0.357 e. The van der Waals surface area contributed by atoms with Crippen molar-refractivity contribution in [2.24, 2.45) is 0 Å². The molecule has 200 valence electrons. The number of anilines is 1. The molecule has 0 atom stereocenters. The Morgan fingerprint density at radius 3 is 2.26 bits per heavy atom. The summed E-state index contributed by atoms with van der Waals surface area (Å²) in [5.74, 6) is 0.725. The zero-order valence-corrected chi connectivity index (χ0v) is 25.1. The monoisotopic (exact) mass is 672 g/mol. The van der Waals surface area contributed by atoms with Crippen molar-refractivity contribution < 1.29 is 43.7 Å². The van der Waals surface area contributed by atoms with Gasteiger partial charge in [0.15, 0.2) is 12.3 Å². The van der Waals surface area contributed by atoms with Crippen LogP contribution in [-0.2, 0) is 10.1 Å². The predicted octanol–water partition coefficient (Wildman–Crippen LogP) is 2.89. The molecule has 5 rings (SSSR count). The molecule has 0 bridgehead atoms. The fourth-order valence-electron chi connectivity index (χ4n) is 3.41. The van der Waals surface area contributed by atoms with Crippen LogP contribution < -0.4 is 31.3 Å². The van der Waals surface area contributed by atoms with Gasteiger partial charge in [0.2, 0.25) is 0 Å². The summed E-state index contributed by atoms with van der Waals surface area (Å²) in [7, 11) is -2.60. The molecule has 10 heteroatoms. The second-order valence-electron chi connectivity index (χ2n) is 8.47. The zero-order chi connectivity index (χ0) is 28.0. The quantitative estimate of drug-likeness (QED) is 0.220. The van der Waals surface area contributed by atoms with Gasteiger partial charge in [0.25, 0.3) is 5.91 Å². The first kappa shape index (κ1) is 28.7. The van der Waals surface area contributed by atoms with Crippen molar-refractivity contribution in [3.05, 3.63) is 115 Å². The van der Waals surface area contributed by atoms with Gasteiger partial charge in [-0.2, -0.15) is 0 Å². The first-order valence-electron chi connectivity index (χ1n) is 11.7. The summed E-state index contributed by atoms with van der Waals surface area (Å²) in [6, 6.07) is 27.8. The Morgan fingerprint density at radius 1 is 0.897 bits per heavy atom. The minimum Gasteiger partial charge on any atom is -0.744 e. The van der Waals surface area contributed by atoms with E-state index in [9.17, 15) is 17.8 Å². The van der Waals surface area contributed by atoms with Gasteiger partial charge in [0.1, 0.15) is 15.9 Å². The summed E-state index contributed by atoms with van der Waals surface area (Å²) in [5.41, 5.74) is 3.67. The fourth-order valence-corrected chi connectivity index (χ4v) is 7.15. The molecule has 7 nitrogen and oxygen atoms in total. The summed E-state index contributed by atoms with van der Waals surface area (Å²) in [6.45, 7) is 3.87. The maximum atomic E-state index is 12.7. The average Bonchev–Trinajstić information content (AvgIpc) is 3.30. The lowest BCUT2D eigenvalue weighted by atomic mass is 10.2. The van der Waals surface area contributed by atoms with Gasteiger partial charge in [-0.3, -0.25) is 10.1 Å². The van der Waals surface area contributed by atoms with Crippen LogP contribution in [0.15, 0.2) is 95.9 Å². The zero-order valence-electron chi connectivity index (χ0n) is 21.3. The number of hydrogen-bond acceptors (Lipinski definition) is 7. The van der Waals surface area contributed by atoms with Gasteiger partial charge in [0.05, 0.1) is 22.2 Å². The van der Waals surface area contributed by atoms with E-state index >= 15 is 0 Å². The highest BCUT2D eigenvalue weighted by Crippen LogP contribution is 2.27. The van der Waals surface area contributed by atoms with Crippen LogP contribution in [-0.4, -0.2) is 31.0 Å². The van der Waals surface area contributed by atoms with Crippen molar-refractivity contribution >= 4 is 42.7 Å². The molecule has 0 radical (unpaired) electrons. The lowest BCUT2D eigenvalue weighted by Crippen LogP contribution is -3.61. The molecule has 0 aliphatic carbocycles. The number of thiazole rings is 1. The number of halogens is 1. The lowest BCUT2D eigenvalue weighted by molar-refractivity contribution is -0.597. The number of nitrogens with one attached hydrogen (secondary N) is 1. The number of carbonyl (C=O) groups excluding carboxylic acids is 1. The molecule has 0 spiro atoms. The summed E-state index contributed by atoms with van der Waals surface area (Å²) in [4.78, 5) is 17.0. The Kier molecular flexibility index (Phi) is 9.33. The number of fused-ring (bicyclic) bond motifs is 1. The molecule has 0 fully saturated rings. The van der Waals surface area contributed by atoms with Gasteiger partial charge in [-0.1, -0.05) is 41.2 Å². The van der Waals surface area contributed by atoms with E-state index in [1.807, 2.05) is 49.4 Å². The van der Waals surface area contributed by atoms with E-state index in [0.717, 1.165) is 21.5 Å². The highest BCUT2D eigenvalue weighted by Gasteiger charge is 2.18. The molecule has 0 saturated carbocycles. The van der Waals surface area contributed by atoms with Crippen molar-refractivity contribution in [2.45, 2.75) is 18.7 Å². The predicted molar refractivity (Wildman–Crippen MR) is 148 cm³/mol. The SMILES string of the molecule is COc1ccc([I+]c2cccc(C(=O)Nc3nc4ccc(C)cc4s3)c2)cc1.Cc1ccc(S(=O)(=O)[O-])cc1. The Labute approximate surface area is 241 Å². The third-order valence-corrected chi connectivity index (χ3v) is 9.85. The number of hydrogen-bond donors (Lipinski definition) is 1. The third-order valence-electron chi connectivity index (χ3n) is 5.43. The Hall–Kier alpha value is -3.32. The van der Waals surface area contributed by atoms with Crippen LogP contribution in [0.4, 0.5) is 5.13 Å². The van der Waals surface area contributed by atoms with Crippen molar-refractivity contribution in [3.8, 4) is 5.75 Å². The molecular weight excluding hydrogens is 647 g/mol. The first-order valence-corrected chi connectivity index (χ1v) is 16.1. The Bertz CT molecular complexity index is 1700. The van der Waals surface area contributed by atoms with Gasteiger partial charge in [-0.05, 0) is 80.1 Å². The number of methoxy groups -OCH3 is 1. The normalized spacial score (nSPS) is 11.0. The van der Waals surface area contributed by atoms with Crippen LogP contribution in [0, 0.1) is 21.0 Å². The van der Waals surface area contributed by atoms with Gasteiger partial charge >= 0.3 is 21.2 Å². The van der Waals surface area contributed by atoms with Gasteiger partial charge in [-0.15, -0.1) is 0 Å². The molecule has 0 aliphatic rings. The molecular formula is C29H25IN2O5S2. The van der Waals surface area contributed by atoms with Crippen LogP contribution in [0.25, 0.3) is 10.2 Å². The molecule has 0 saturated heterocycles. The summed E-state index contributed by atoms with van der Waals surface area (Å²) >= 11 is 1.14. The van der Waals surface area contributed by atoms with Crippen molar-refractivity contribution in [2.75, 3.05) is 12.4 Å². The molecule has 39 heavy (non-hydrogen) atoms. The third kappa shape index (κ3) is 8.09.